The van der Waals surface area contributed by atoms with E-state index in [9.17, 15) is 4.79 Å². The lowest BCUT2D eigenvalue weighted by atomic mass is 9.98. The molecule has 2 rings (SSSR count). The third kappa shape index (κ3) is 1.97. The van der Waals surface area contributed by atoms with Crippen LogP contribution in [0.1, 0.15) is 22.7 Å². The predicted octanol–water partition coefficient (Wildman–Crippen LogP) is 1.86. The highest BCUT2D eigenvalue weighted by Gasteiger charge is 2.30. The van der Waals surface area contributed by atoms with E-state index >= 15 is 0 Å². The summed E-state index contributed by atoms with van der Waals surface area (Å²) >= 11 is 0. The molecule has 1 aliphatic rings. The molecule has 0 bridgehead atoms. The molecule has 1 saturated heterocycles. The molecule has 1 fully saturated rings. The Bertz CT molecular complexity index is 534. The monoisotopic (exact) mass is 245 g/mol. The molecule has 94 valence electrons. The minimum Gasteiger partial charge on any atom is -0.496 e. The molecule has 0 spiro atoms. The summed E-state index contributed by atoms with van der Waals surface area (Å²) in [6.45, 7) is 4.31. The van der Waals surface area contributed by atoms with Crippen molar-refractivity contribution < 1.29 is 9.53 Å². The van der Waals surface area contributed by atoms with Gasteiger partial charge in [-0.2, -0.15) is 5.26 Å². The van der Waals surface area contributed by atoms with Crippen molar-refractivity contribution in [2.24, 2.45) is 0 Å². The Morgan fingerprint density at radius 1 is 1.44 bits per heavy atom. The molecule has 5 nitrogen and oxygen atoms in total. The van der Waals surface area contributed by atoms with Crippen molar-refractivity contribution >= 4 is 6.03 Å². The van der Waals surface area contributed by atoms with Crippen LogP contribution in [-0.2, 0) is 0 Å². The lowest BCUT2D eigenvalue weighted by molar-refractivity contribution is 0.232. The molecule has 18 heavy (non-hydrogen) atoms. The second-order valence-electron chi connectivity index (χ2n) is 4.39. The maximum Gasteiger partial charge on any atom is 0.331 e. The van der Waals surface area contributed by atoms with Crippen LogP contribution in [0.5, 0.6) is 5.75 Å². The first-order chi connectivity index (χ1) is 8.56. The zero-order chi connectivity index (χ0) is 13.3. The van der Waals surface area contributed by atoms with Crippen molar-refractivity contribution in [3.05, 3.63) is 28.8 Å². The number of hydrogen-bond donors (Lipinski definition) is 1. The van der Waals surface area contributed by atoms with Crippen LogP contribution >= 0.6 is 0 Å². The van der Waals surface area contributed by atoms with Gasteiger partial charge in [0, 0.05) is 0 Å². The van der Waals surface area contributed by atoms with E-state index in [4.69, 9.17) is 10.00 Å². The summed E-state index contributed by atoms with van der Waals surface area (Å²) in [7, 11) is 1.64. The summed E-state index contributed by atoms with van der Waals surface area (Å²) in [4.78, 5) is 12.6. The molecule has 2 amide bonds. The second kappa shape index (κ2) is 4.57. The lowest BCUT2D eigenvalue weighted by Crippen LogP contribution is -2.23. The topological polar surface area (TPSA) is 65.4 Å². The van der Waals surface area contributed by atoms with E-state index in [-0.39, 0.29) is 12.1 Å². The molecule has 1 aromatic carbocycles. The average molecular weight is 245 g/mol. The van der Waals surface area contributed by atoms with E-state index < -0.39 is 0 Å². The molecular formula is C13H15N3O2. The number of urea groups is 1. The Kier molecular flexibility index (Phi) is 3.11. The number of hydrogen-bond acceptors (Lipinski definition) is 3. The number of benzene rings is 1. The Morgan fingerprint density at radius 3 is 2.72 bits per heavy atom. The standard InChI is InChI=1S/C13H15N3O2/c1-8-5-12(18-3)9(2)4-10(8)11-6-16(7-14)13(17)15-11/h4-5,11H,6H2,1-3H3,(H,15,17). The maximum atomic E-state index is 11.5. The number of rotatable bonds is 2. The highest BCUT2D eigenvalue weighted by atomic mass is 16.5. The molecular weight excluding hydrogens is 230 g/mol. The zero-order valence-electron chi connectivity index (χ0n) is 10.7. The number of nitrogens with one attached hydrogen (secondary N) is 1. The highest BCUT2D eigenvalue weighted by Crippen LogP contribution is 2.28. The molecule has 0 aliphatic carbocycles. The van der Waals surface area contributed by atoms with Gasteiger partial charge in [-0.3, -0.25) is 0 Å². The number of carbonyl (C=O) groups excluding carboxylic acids is 1. The Balaban J connectivity index is 2.33. The quantitative estimate of drug-likeness (QED) is 0.809. The Labute approximate surface area is 106 Å². The highest BCUT2D eigenvalue weighted by molar-refractivity contribution is 5.79. The van der Waals surface area contributed by atoms with Crippen molar-refractivity contribution in [1.82, 2.24) is 10.2 Å². The number of methoxy groups -OCH3 is 1. The fraction of sp³-hybridized carbons (Fsp3) is 0.385. The number of nitrogens with zero attached hydrogens (tertiary/aromatic N) is 2. The Morgan fingerprint density at radius 2 is 2.17 bits per heavy atom. The van der Waals surface area contributed by atoms with E-state index in [0.29, 0.717) is 6.54 Å². The predicted molar refractivity (Wildman–Crippen MR) is 66.1 cm³/mol. The van der Waals surface area contributed by atoms with Gasteiger partial charge in [0.1, 0.15) is 5.75 Å². The minimum absolute atomic E-state index is 0.137. The molecule has 0 saturated carbocycles. The van der Waals surface area contributed by atoms with E-state index in [1.807, 2.05) is 32.2 Å². The zero-order valence-corrected chi connectivity index (χ0v) is 10.7. The van der Waals surface area contributed by atoms with Crippen molar-refractivity contribution in [3.8, 4) is 11.9 Å². The normalized spacial score (nSPS) is 18.4. The third-order valence-corrected chi connectivity index (χ3v) is 3.19. The van der Waals surface area contributed by atoms with Gasteiger partial charge in [0.05, 0.1) is 19.7 Å². The van der Waals surface area contributed by atoms with Gasteiger partial charge < -0.3 is 10.1 Å². The van der Waals surface area contributed by atoms with Crippen LogP contribution < -0.4 is 10.1 Å². The molecule has 0 radical (unpaired) electrons. The molecule has 1 unspecified atom stereocenters. The fourth-order valence-corrected chi connectivity index (χ4v) is 2.21. The molecule has 1 atom stereocenters. The van der Waals surface area contributed by atoms with Crippen LogP contribution in [-0.4, -0.2) is 24.6 Å². The summed E-state index contributed by atoms with van der Waals surface area (Å²) < 4.78 is 5.26. The summed E-state index contributed by atoms with van der Waals surface area (Å²) in [5, 5.41) is 11.6. The van der Waals surface area contributed by atoms with Gasteiger partial charge in [-0.1, -0.05) is 6.07 Å². The lowest BCUT2D eigenvalue weighted by Gasteiger charge is -2.15. The van der Waals surface area contributed by atoms with Gasteiger partial charge in [-0.25, -0.2) is 9.69 Å². The van der Waals surface area contributed by atoms with E-state index in [2.05, 4.69) is 5.32 Å². The first-order valence-electron chi connectivity index (χ1n) is 5.69. The summed E-state index contributed by atoms with van der Waals surface area (Å²) in [6.07, 6.45) is 1.87. The molecule has 5 heteroatoms. The minimum atomic E-state index is -0.338. The molecule has 1 heterocycles. The third-order valence-electron chi connectivity index (χ3n) is 3.19. The van der Waals surface area contributed by atoms with Crippen LogP contribution in [0.4, 0.5) is 4.79 Å². The summed E-state index contributed by atoms with van der Waals surface area (Å²) in [5.41, 5.74) is 3.09. The number of aryl methyl sites for hydroxylation is 2. The van der Waals surface area contributed by atoms with Gasteiger partial charge in [0.2, 0.25) is 0 Å². The Hall–Kier alpha value is -2.22. The van der Waals surface area contributed by atoms with Crippen LogP contribution in [0.25, 0.3) is 0 Å². The van der Waals surface area contributed by atoms with Crippen LogP contribution in [0.3, 0.4) is 0 Å². The number of carbonyl (C=O) groups is 1. The summed E-state index contributed by atoms with van der Waals surface area (Å²) in [5.74, 6) is 0.831. The van der Waals surface area contributed by atoms with Crippen molar-refractivity contribution in [2.45, 2.75) is 19.9 Å². The van der Waals surface area contributed by atoms with Gasteiger partial charge in [0.25, 0.3) is 0 Å². The van der Waals surface area contributed by atoms with E-state index in [1.54, 1.807) is 7.11 Å². The van der Waals surface area contributed by atoms with Crippen molar-refractivity contribution in [2.75, 3.05) is 13.7 Å². The smallest absolute Gasteiger partial charge is 0.331 e. The largest absolute Gasteiger partial charge is 0.496 e. The number of amides is 2. The first-order valence-corrected chi connectivity index (χ1v) is 5.69. The number of ether oxygens (including phenoxy) is 1. The first kappa shape index (κ1) is 12.2. The van der Waals surface area contributed by atoms with E-state index in [0.717, 1.165) is 27.3 Å². The van der Waals surface area contributed by atoms with Gasteiger partial charge in [0.15, 0.2) is 6.19 Å². The number of nitriles is 1. The van der Waals surface area contributed by atoms with Gasteiger partial charge >= 0.3 is 6.03 Å². The molecule has 1 aromatic rings. The fourth-order valence-electron chi connectivity index (χ4n) is 2.21. The van der Waals surface area contributed by atoms with Crippen LogP contribution in [0.2, 0.25) is 0 Å². The molecule has 0 aromatic heterocycles. The van der Waals surface area contributed by atoms with Gasteiger partial charge in [-0.15, -0.1) is 0 Å². The summed E-state index contributed by atoms with van der Waals surface area (Å²) in [6, 6.07) is 3.48. The van der Waals surface area contributed by atoms with Gasteiger partial charge in [-0.05, 0) is 36.6 Å². The second-order valence-corrected chi connectivity index (χ2v) is 4.39. The maximum absolute atomic E-state index is 11.5. The SMILES string of the molecule is COc1cc(C)c(C2CN(C#N)C(=O)N2)cc1C. The van der Waals surface area contributed by atoms with Crippen LogP contribution in [0.15, 0.2) is 12.1 Å². The molecule has 1 aliphatic heterocycles. The van der Waals surface area contributed by atoms with E-state index in [1.165, 1.54) is 0 Å². The van der Waals surface area contributed by atoms with Crippen LogP contribution in [0, 0.1) is 25.3 Å². The van der Waals surface area contributed by atoms with Crippen molar-refractivity contribution in [3.63, 3.8) is 0 Å². The average Bonchev–Trinajstić information content (AvgIpc) is 2.72. The van der Waals surface area contributed by atoms with Crippen molar-refractivity contribution in [1.29, 1.82) is 5.26 Å². The molecule has 1 N–H and O–H groups in total.